The molecule has 48 heavy (non-hydrogen) atoms. The van der Waals surface area contributed by atoms with Crippen LogP contribution in [0.4, 0.5) is 18.9 Å². The highest BCUT2D eigenvalue weighted by Crippen LogP contribution is 2.35. The number of ether oxygens (including phenoxy) is 6. The first-order chi connectivity index (χ1) is 22.5. The first-order valence-electron chi connectivity index (χ1n) is 13.4. The number of alkyl halides is 3. The third kappa shape index (κ3) is 9.21. The maximum absolute atomic E-state index is 13.6. The Morgan fingerprint density at radius 2 is 1.15 bits per heavy atom. The van der Waals surface area contributed by atoms with Gasteiger partial charge in [0.25, 0.3) is 5.91 Å². The Bertz CT molecular complexity index is 1740. The third-order valence-corrected chi connectivity index (χ3v) is 6.04. The molecule has 0 heterocycles. The van der Waals surface area contributed by atoms with Crippen molar-refractivity contribution in [1.29, 1.82) is 0 Å². The van der Waals surface area contributed by atoms with Crippen LogP contribution in [0.15, 0.2) is 60.7 Å². The summed E-state index contributed by atoms with van der Waals surface area (Å²) in [5, 5.41) is 11.9. The molecule has 0 saturated heterocycles. The van der Waals surface area contributed by atoms with Gasteiger partial charge in [0.05, 0.1) is 36.6 Å². The molecule has 2 atom stereocenters. The van der Waals surface area contributed by atoms with E-state index >= 15 is 0 Å². The molecule has 2 N–H and O–H groups in total. The van der Waals surface area contributed by atoms with E-state index in [2.05, 4.69) is 0 Å². The summed E-state index contributed by atoms with van der Waals surface area (Å²) in [6.45, 7) is 2.20. The van der Waals surface area contributed by atoms with Gasteiger partial charge in [0, 0.05) is 13.8 Å². The molecule has 254 valence electrons. The van der Waals surface area contributed by atoms with Crippen LogP contribution < -0.4 is 24.3 Å². The summed E-state index contributed by atoms with van der Waals surface area (Å²) < 4.78 is 71.1. The van der Waals surface area contributed by atoms with Crippen molar-refractivity contribution in [2.45, 2.75) is 32.2 Å². The van der Waals surface area contributed by atoms with Crippen molar-refractivity contribution >= 4 is 41.4 Å². The monoisotopic (exact) mass is 677 g/mol. The van der Waals surface area contributed by atoms with Gasteiger partial charge in [-0.1, -0.05) is 12.1 Å². The number of amides is 1. The van der Waals surface area contributed by atoms with Gasteiger partial charge in [-0.25, -0.2) is 14.4 Å². The lowest BCUT2D eigenvalue weighted by Gasteiger charge is -2.24. The van der Waals surface area contributed by atoms with E-state index in [-0.39, 0.29) is 28.6 Å². The van der Waals surface area contributed by atoms with Gasteiger partial charge in [-0.15, -0.1) is 0 Å². The Balaban J connectivity index is 2.03. The van der Waals surface area contributed by atoms with E-state index in [0.717, 1.165) is 68.4 Å². The number of hydrogen-bond donors (Lipinski definition) is 2. The predicted octanol–water partition coefficient (Wildman–Crippen LogP) is 4.05. The van der Waals surface area contributed by atoms with Gasteiger partial charge < -0.3 is 38.8 Å². The molecule has 0 radical (unpaired) electrons. The molecule has 0 aromatic heterocycles. The third-order valence-electron chi connectivity index (χ3n) is 6.04. The van der Waals surface area contributed by atoms with E-state index in [4.69, 9.17) is 28.4 Å². The van der Waals surface area contributed by atoms with Crippen molar-refractivity contribution in [2.75, 3.05) is 19.5 Å². The van der Waals surface area contributed by atoms with Crippen LogP contribution in [0.25, 0.3) is 0 Å². The quantitative estimate of drug-likeness (QED) is 0.206. The van der Waals surface area contributed by atoms with Gasteiger partial charge in [0.15, 0.2) is 23.0 Å². The van der Waals surface area contributed by atoms with Gasteiger partial charge >= 0.3 is 36.0 Å². The number of carbonyl (C=O) groups excluding carboxylic acids is 5. The van der Waals surface area contributed by atoms with Crippen molar-refractivity contribution in [3.8, 4) is 23.0 Å². The van der Waals surface area contributed by atoms with Crippen LogP contribution in [-0.4, -0.2) is 67.3 Å². The normalized spacial score (nSPS) is 12.1. The second-order valence-electron chi connectivity index (χ2n) is 9.44. The van der Waals surface area contributed by atoms with Crippen LogP contribution >= 0.6 is 0 Å². The van der Waals surface area contributed by atoms with Gasteiger partial charge in [-0.3, -0.25) is 14.4 Å². The molecular formula is C31H26F3NO13. The van der Waals surface area contributed by atoms with E-state index in [9.17, 15) is 47.0 Å². The van der Waals surface area contributed by atoms with E-state index in [1.807, 2.05) is 5.32 Å². The van der Waals surface area contributed by atoms with Crippen molar-refractivity contribution < 1.29 is 75.5 Å². The van der Waals surface area contributed by atoms with E-state index in [0.29, 0.717) is 6.07 Å². The van der Waals surface area contributed by atoms with Crippen LogP contribution in [0, 0.1) is 0 Å². The summed E-state index contributed by atoms with van der Waals surface area (Å²) in [6.07, 6.45) is -10.2. The lowest BCUT2D eigenvalue weighted by Crippen LogP contribution is -2.48. The number of hydrogen-bond acceptors (Lipinski definition) is 12. The number of methoxy groups -OCH3 is 2. The summed E-state index contributed by atoms with van der Waals surface area (Å²) in [5.41, 5.74) is -2.92. The Hall–Kier alpha value is -6.13. The Kier molecular flexibility index (Phi) is 11.7. The maximum atomic E-state index is 13.6. The highest BCUT2D eigenvalue weighted by Gasteiger charge is 2.42. The first-order valence-corrected chi connectivity index (χ1v) is 13.4. The lowest BCUT2D eigenvalue weighted by molar-refractivity contribution is -0.157. The molecule has 14 nitrogen and oxygen atoms in total. The summed E-state index contributed by atoms with van der Waals surface area (Å²) in [6, 6.07) is 10.0. The molecule has 17 heteroatoms. The van der Waals surface area contributed by atoms with Crippen LogP contribution in [-0.2, 0) is 34.8 Å². The Morgan fingerprint density at radius 3 is 1.56 bits per heavy atom. The molecule has 3 rings (SSSR count). The minimum atomic E-state index is -4.97. The average molecular weight is 678 g/mol. The molecule has 3 aromatic rings. The van der Waals surface area contributed by atoms with Crippen LogP contribution in [0.5, 0.6) is 23.0 Å². The molecule has 3 aromatic carbocycles. The average Bonchev–Trinajstić information content (AvgIpc) is 3.01. The number of para-hydroxylation sites is 1. The van der Waals surface area contributed by atoms with E-state index < -0.39 is 71.0 Å². The van der Waals surface area contributed by atoms with Gasteiger partial charge in [-0.2, -0.15) is 13.2 Å². The lowest BCUT2D eigenvalue weighted by atomic mass is 10.1. The van der Waals surface area contributed by atoms with Gasteiger partial charge in [0.2, 0.25) is 12.2 Å². The zero-order valence-electron chi connectivity index (χ0n) is 25.4. The maximum Gasteiger partial charge on any atom is 0.418 e. The second-order valence-corrected chi connectivity index (χ2v) is 9.44. The van der Waals surface area contributed by atoms with Crippen LogP contribution in [0.1, 0.15) is 40.1 Å². The standard InChI is InChI=1S/C31H26F3NO13/c1-15(36)45-21-11-9-17(13-23(21)43-3)29(41)47-25(27(38)35-20-8-6-5-7-19(20)31(32,33)34)26(28(39)40)48-30(42)18-10-12-22(46-16(2)37)24(14-18)44-4/h5-14,25-26H,1-4H3,(H,35,38)(H,39,40)/t25-,26+/m0/s1. The fraction of sp³-hybridized carbons (Fsp3) is 0.226. The molecule has 1 amide bonds. The molecule has 0 bridgehead atoms. The number of anilines is 1. The summed E-state index contributed by atoms with van der Waals surface area (Å²) in [4.78, 5) is 74.8. The number of esters is 4. The number of nitrogens with one attached hydrogen (secondary N) is 1. The molecule has 0 unspecified atom stereocenters. The molecule has 0 aliphatic rings. The zero-order chi connectivity index (χ0) is 35.8. The Morgan fingerprint density at radius 1 is 0.688 bits per heavy atom. The number of halogens is 3. The van der Waals surface area contributed by atoms with Crippen LogP contribution in [0.2, 0.25) is 0 Å². The minimum Gasteiger partial charge on any atom is -0.493 e. The number of carbonyl (C=O) groups is 6. The second kappa shape index (κ2) is 15.4. The molecule has 0 saturated carbocycles. The SMILES string of the molecule is COc1cc(C(=O)O[C@H](C(=O)Nc2ccccc2C(F)(F)F)[C@@H](OC(=O)c2ccc(OC(C)=O)c(OC)c2)C(=O)O)ccc1OC(C)=O. The highest BCUT2D eigenvalue weighted by atomic mass is 19.4. The van der Waals surface area contributed by atoms with Crippen LogP contribution in [0.3, 0.4) is 0 Å². The smallest absolute Gasteiger partial charge is 0.418 e. The highest BCUT2D eigenvalue weighted by molar-refractivity contribution is 6.02. The first kappa shape index (κ1) is 36.3. The predicted molar refractivity (Wildman–Crippen MR) is 155 cm³/mol. The summed E-state index contributed by atoms with van der Waals surface area (Å²) >= 11 is 0. The number of carboxylic acids is 1. The van der Waals surface area contributed by atoms with Gasteiger partial charge in [-0.05, 0) is 48.5 Å². The molecular weight excluding hydrogens is 651 g/mol. The fourth-order valence-corrected chi connectivity index (χ4v) is 3.97. The Labute approximate surface area is 269 Å². The van der Waals surface area contributed by atoms with E-state index in [1.165, 1.54) is 14.2 Å². The summed E-state index contributed by atoms with van der Waals surface area (Å²) in [5.74, 6) is -8.48. The summed E-state index contributed by atoms with van der Waals surface area (Å²) in [7, 11) is 2.34. The van der Waals surface area contributed by atoms with Crippen molar-refractivity contribution in [3.05, 3.63) is 77.4 Å². The molecule has 0 spiro atoms. The molecule has 0 aliphatic heterocycles. The number of rotatable bonds is 12. The number of aliphatic carboxylic acids is 1. The van der Waals surface area contributed by atoms with Crippen molar-refractivity contribution in [1.82, 2.24) is 0 Å². The van der Waals surface area contributed by atoms with Gasteiger partial charge in [0.1, 0.15) is 0 Å². The fourth-order valence-electron chi connectivity index (χ4n) is 3.97. The number of benzene rings is 3. The van der Waals surface area contributed by atoms with E-state index in [1.54, 1.807) is 0 Å². The van der Waals surface area contributed by atoms with Crippen molar-refractivity contribution in [2.24, 2.45) is 0 Å². The largest absolute Gasteiger partial charge is 0.493 e. The number of carboxylic acid groups (broad SMARTS) is 1. The van der Waals surface area contributed by atoms with Crippen molar-refractivity contribution in [3.63, 3.8) is 0 Å². The molecule has 0 aliphatic carbocycles. The minimum absolute atomic E-state index is 0.110. The topological polar surface area (TPSA) is 190 Å². The zero-order valence-corrected chi connectivity index (χ0v) is 25.4. The molecule has 0 fully saturated rings.